The van der Waals surface area contributed by atoms with Crippen LogP contribution in [0.4, 0.5) is 11.6 Å². The van der Waals surface area contributed by atoms with Crippen LogP contribution in [0.5, 0.6) is 0 Å². The minimum Gasteiger partial charge on any atom is -0.385 e. The molecule has 6 heteroatoms. The molecule has 1 aromatic heterocycles. The lowest BCUT2D eigenvalue weighted by atomic mass is 9.90. The van der Waals surface area contributed by atoms with Gasteiger partial charge in [-0.05, 0) is 11.8 Å². The van der Waals surface area contributed by atoms with Crippen molar-refractivity contribution in [2.24, 2.45) is 5.41 Å². The second-order valence-electron chi connectivity index (χ2n) is 5.29. The van der Waals surface area contributed by atoms with E-state index in [0.717, 1.165) is 25.4 Å². The smallest absolute Gasteiger partial charge is 0.158 e. The van der Waals surface area contributed by atoms with Crippen LogP contribution in [0.3, 0.4) is 0 Å². The quantitative estimate of drug-likeness (QED) is 0.746. The van der Waals surface area contributed by atoms with Crippen molar-refractivity contribution in [3.8, 4) is 0 Å². The van der Waals surface area contributed by atoms with Gasteiger partial charge in [-0.25, -0.2) is 9.97 Å². The Morgan fingerprint density at radius 2 is 2.00 bits per heavy atom. The highest BCUT2D eigenvalue weighted by molar-refractivity contribution is 5.44. The molecule has 19 heavy (non-hydrogen) atoms. The van der Waals surface area contributed by atoms with Crippen LogP contribution in [-0.4, -0.2) is 37.3 Å². The zero-order valence-electron chi connectivity index (χ0n) is 12.2. The lowest BCUT2D eigenvalue weighted by Gasteiger charge is -2.25. The average Bonchev–Trinajstić information content (AvgIpc) is 2.34. The van der Waals surface area contributed by atoms with E-state index in [1.165, 1.54) is 0 Å². The van der Waals surface area contributed by atoms with Crippen molar-refractivity contribution in [3.05, 3.63) is 11.9 Å². The maximum absolute atomic E-state index is 5.74. The Balaban J connectivity index is 2.61. The van der Waals surface area contributed by atoms with E-state index in [-0.39, 0.29) is 5.41 Å². The van der Waals surface area contributed by atoms with E-state index < -0.39 is 0 Å². The number of rotatable bonds is 8. The Bertz CT molecular complexity index is 396. The highest BCUT2D eigenvalue weighted by Gasteiger charge is 2.17. The van der Waals surface area contributed by atoms with Gasteiger partial charge in [0.25, 0.3) is 0 Å². The van der Waals surface area contributed by atoms with E-state index >= 15 is 0 Å². The zero-order chi connectivity index (χ0) is 14.3. The predicted octanol–water partition coefficient (Wildman–Crippen LogP) is 1.68. The molecule has 3 N–H and O–H groups in total. The molecule has 0 bridgehead atoms. The summed E-state index contributed by atoms with van der Waals surface area (Å²) in [5.74, 6) is 1.75. The van der Waals surface area contributed by atoms with Crippen LogP contribution in [0.15, 0.2) is 6.07 Å². The number of nitrogens with zero attached hydrogens (tertiary/aromatic N) is 2. The van der Waals surface area contributed by atoms with E-state index in [0.29, 0.717) is 18.2 Å². The first-order valence-corrected chi connectivity index (χ1v) is 6.32. The van der Waals surface area contributed by atoms with Crippen molar-refractivity contribution in [1.82, 2.24) is 9.97 Å². The number of nitrogen functional groups attached to an aromatic ring is 1. The molecule has 0 radical (unpaired) electrons. The lowest BCUT2D eigenvalue weighted by molar-refractivity contribution is 0.157. The fraction of sp³-hybridized carbons (Fsp3) is 0.692. The fourth-order valence-corrected chi connectivity index (χ4v) is 1.60. The van der Waals surface area contributed by atoms with Crippen LogP contribution in [0.1, 0.15) is 26.1 Å². The van der Waals surface area contributed by atoms with Gasteiger partial charge < -0.3 is 20.5 Å². The van der Waals surface area contributed by atoms with Crippen LogP contribution < -0.4 is 11.1 Å². The van der Waals surface area contributed by atoms with Gasteiger partial charge in [-0.2, -0.15) is 0 Å². The fourth-order valence-electron chi connectivity index (χ4n) is 1.60. The molecular weight excluding hydrogens is 244 g/mol. The van der Waals surface area contributed by atoms with Gasteiger partial charge in [0, 0.05) is 33.4 Å². The maximum atomic E-state index is 5.74. The summed E-state index contributed by atoms with van der Waals surface area (Å²) in [6.45, 7) is 6.25. The molecular formula is C13H24N4O2. The van der Waals surface area contributed by atoms with Crippen LogP contribution in [0, 0.1) is 5.41 Å². The van der Waals surface area contributed by atoms with E-state index in [1.807, 2.05) is 0 Å². The monoisotopic (exact) mass is 268 g/mol. The van der Waals surface area contributed by atoms with Crippen molar-refractivity contribution in [1.29, 1.82) is 0 Å². The van der Waals surface area contributed by atoms with Gasteiger partial charge in [0.15, 0.2) is 5.82 Å². The second-order valence-corrected chi connectivity index (χ2v) is 5.29. The van der Waals surface area contributed by atoms with Gasteiger partial charge >= 0.3 is 0 Å². The topological polar surface area (TPSA) is 82.3 Å². The van der Waals surface area contributed by atoms with E-state index in [1.54, 1.807) is 20.3 Å². The molecule has 6 nitrogen and oxygen atoms in total. The summed E-state index contributed by atoms with van der Waals surface area (Å²) >= 11 is 0. The summed E-state index contributed by atoms with van der Waals surface area (Å²) in [7, 11) is 3.32. The largest absolute Gasteiger partial charge is 0.385 e. The van der Waals surface area contributed by atoms with E-state index in [2.05, 4.69) is 29.1 Å². The standard InChI is InChI=1S/C13H24N4O2/c1-13(2,5-6-18-3)9-15-11-7-10(14)16-12(17-11)8-19-4/h7H,5-6,8-9H2,1-4H3,(H3,14,15,16,17). The predicted molar refractivity (Wildman–Crippen MR) is 75.9 cm³/mol. The normalized spacial score (nSPS) is 11.6. The summed E-state index contributed by atoms with van der Waals surface area (Å²) in [5, 5.41) is 3.29. The first kappa shape index (κ1) is 15.7. The van der Waals surface area contributed by atoms with Gasteiger partial charge in [-0.1, -0.05) is 13.8 Å². The van der Waals surface area contributed by atoms with Crippen molar-refractivity contribution >= 4 is 11.6 Å². The SMILES string of the molecule is COCCC(C)(C)CNc1cc(N)nc(COC)n1. The van der Waals surface area contributed by atoms with Gasteiger partial charge in [0.05, 0.1) is 0 Å². The molecule has 1 aromatic rings. The lowest BCUT2D eigenvalue weighted by Crippen LogP contribution is -2.25. The van der Waals surface area contributed by atoms with Crippen LogP contribution in [0.2, 0.25) is 0 Å². The number of hydrogen-bond donors (Lipinski definition) is 2. The summed E-state index contributed by atoms with van der Waals surface area (Å²) < 4.78 is 10.1. The second kappa shape index (κ2) is 7.25. The Hall–Kier alpha value is -1.40. The van der Waals surface area contributed by atoms with E-state index in [9.17, 15) is 0 Å². The molecule has 0 spiro atoms. The van der Waals surface area contributed by atoms with Crippen molar-refractivity contribution in [2.75, 3.05) is 38.4 Å². The highest BCUT2D eigenvalue weighted by Crippen LogP contribution is 2.21. The van der Waals surface area contributed by atoms with Crippen molar-refractivity contribution in [2.45, 2.75) is 26.9 Å². The third kappa shape index (κ3) is 5.85. The first-order chi connectivity index (χ1) is 8.96. The summed E-state index contributed by atoms with van der Waals surface area (Å²) in [6, 6.07) is 1.73. The molecule has 1 rings (SSSR count). The Morgan fingerprint density at radius 1 is 1.26 bits per heavy atom. The summed E-state index contributed by atoms with van der Waals surface area (Å²) in [4.78, 5) is 8.45. The van der Waals surface area contributed by atoms with Gasteiger partial charge in [0.2, 0.25) is 0 Å². The molecule has 0 unspecified atom stereocenters. The number of methoxy groups -OCH3 is 2. The number of anilines is 2. The number of nitrogens with one attached hydrogen (secondary N) is 1. The van der Waals surface area contributed by atoms with Crippen molar-refractivity contribution in [3.63, 3.8) is 0 Å². The van der Waals surface area contributed by atoms with Crippen LogP contribution in [-0.2, 0) is 16.1 Å². The molecule has 1 heterocycles. The van der Waals surface area contributed by atoms with E-state index in [4.69, 9.17) is 15.2 Å². The van der Waals surface area contributed by atoms with Crippen LogP contribution in [0.25, 0.3) is 0 Å². The molecule has 108 valence electrons. The number of nitrogens with two attached hydrogens (primary N) is 1. The van der Waals surface area contributed by atoms with Crippen molar-refractivity contribution < 1.29 is 9.47 Å². The minimum atomic E-state index is 0.122. The van der Waals surface area contributed by atoms with Gasteiger partial charge in [-0.3, -0.25) is 0 Å². The molecule has 0 fully saturated rings. The van der Waals surface area contributed by atoms with Gasteiger partial charge in [-0.15, -0.1) is 0 Å². The third-order valence-electron chi connectivity index (χ3n) is 2.80. The molecule has 0 amide bonds. The van der Waals surface area contributed by atoms with Gasteiger partial charge in [0.1, 0.15) is 18.2 Å². The number of hydrogen-bond acceptors (Lipinski definition) is 6. The number of ether oxygens (including phenoxy) is 2. The molecule has 0 aromatic carbocycles. The Morgan fingerprint density at radius 3 is 2.63 bits per heavy atom. The molecule has 0 aliphatic heterocycles. The summed E-state index contributed by atoms with van der Waals surface area (Å²) in [5.41, 5.74) is 5.86. The molecule has 0 aliphatic rings. The molecule has 0 aliphatic carbocycles. The maximum Gasteiger partial charge on any atom is 0.158 e. The molecule has 0 saturated heterocycles. The zero-order valence-corrected chi connectivity index (χ0v) is 12.2. The Labute approximate surface area is 114 Å². The highest BCUT2D eigenvalue weighted by atomic mass is 16.5. The number of aromatic nitrogens is 2. The molecule has 0 atom stereocenters. The Kier molecular flexibility index (Phi) is 5.98. The average molecular weight is 268 g/mol. The molecule has 0 saturated carbocycles. The summed E-state index contributed by atoms with van der Waals surface area (Å²) in [6.07, 6.45) is 0.974. The first-order valence-electron chi connectivity index (χ1n) is 6.32. The minimum absolute atomic E-state index is 0.122. The van der Waals surface area contributed by atoms with Crippen LogP contribution >= 0.6 is 0 Å². The third-order valence-corrected chi connectivity index (χ3v) is 2.80.